The van der Waals surface area contributed by atoms with E-state index in [-0.39, 0.29) is 29.0 Å². The molecule has 1 aliphatic rings. The van der Waals surface area contributed by atoms with Crippen LogP contribution in [0.1, 0.15) is 19.3 Å². The number of piperidine rings is 1. The number of anilines is 1. The highest BCUT2D eigenvalue weighted by Gasteiger charge is 2.27. The van der Waals surface area contributed by atoms with Crippen LogP contribution in [0.5, 0.6) is 5.75 Å². The maximum absolute atomic E-state index is 12.4. The smallest absolute Gasteiger partial charge is 0.271 e. The Morgan fingerprint density at radius 1 is 1.21 bits per heavy atom. The molecular weight excluding hydrogens is 426 g/mol. The number of H-pyrrole nitrogens is 1. The summed E-state index contributed by atoms with van der Waals surface area (Å²) in [5.74, 6) is 0.359. The summed E-state index contributed by atoms with van der Waals surface area (Å²) in [4.78, 5) is 40.9. The van der Waals surface area contributed by atoms with Crippen LogP contribution in [0, 0.1) is 5.92 Å². The second kappa shape index (κ2) is 9.54. The predicted molar refractivity (Wildman–Crippen MR) is 109 cm³/mol. The number of nitrogens with one attached hydrogen (secondary N) is 2. The van der Waals surface area contributed by atoms with Crippen molar-refractivity contribution in [1.82, 2.24) is 9.88 Å². The van der Waals surface area contributed by atoms with Gasteiger partial charge in [-0.1, -0.05) is 18.2 Å². The number of hydrogen-bond donors (Lipinski definition) is 2. The molecule has 1 aromatic heterocycles. The van der Waals surface area contributed by atoms with Crippen LogP contribution in [-0.2, 0) is 9.59 Å². The topological polar surface area (TPSA) is 91.5 Å². The third-order valence-corrected chi connectivity index (χ3v) is 5.13. The number of para-hydroxylation sites is 1. The fourth-order valence-corrected chi connectivity index (χ4v) is 3.45. The number of likely N-dealkylation sites (tertiary alicyclic amines) is 1. The lowest BCUT2D eigenvalue weighted by Gasteiger charge is -2.31. The lowest BCUT2D eigenvalue weighted by molar-refractivity contribution is -0.135. The van der Waals surface area contributed by atoms with Gasteiger partial charge in [0.2, 0.25) is 11.8 Å². The Kier molecular flexibility index (Phi) is 6.86. The summed E-state index contributed by atoms with van der Waals surface area (Å²) in [6, 6.07) is 11.0. The second-order valence-corrected chi connectivity index (χ2v) is 7.53. The zero-order chi connectivity index (χ0) is 19.9. The molecule has 0 saturated carbocycles. The Bertz CT molecular complexity index is 877. The number of amides is 2. The van der Waals surface area contributed by atoms with Crippen molar-refractivity contribution in [1.29, 1.82) is 0 Å². The van der Waals surface area contributed by atoms with E-state index in [1.54, 1.807) is 11.0 Å². The molecule has 2 aromatic rings. The molecule has 8 heteroatoms. The van der Waals surface area contributed by atoms with Gasteiger partial charge in [-0.15, -0.1) is 0 Å². The Hall–Kier alpha value is -2.61. The molecule has 2 N–H and O–H groups in total. The summed E-state index contributed by atoms with van der Waals surface area (Å²) < 4.78 is 6.25. The van der Waals surface area contributed by atoms with Gasteiger partial charge in [-0.3, -0.25) is 14.4 Å². The van der Waals surface area contributed by atoms with Crippen molar-refractivity contribution in [2.45, 2.75) is 19.3 Å². The van der Waals surface area contributed by atoms with Crippen molar-refractivity contribution in [2.24, 2.45) is 5.92 Å². The highest BCUT2D eigenvalue weighted by atomic mass is 79.9. The number of halogens is 1. The van der Waals surface area contributed by atoms with Gasteiger partial charge < -0.3 is 19.9 Å². The molecule has 0 atom stereocenters. The van der Waals surface area contributed by atoms with E-state index in [9.17, 15) is 14.4 Å². The van der Waals surface area contributed by atoms with E-state index < -0.39 is 0 Å². The van der Waals surface area contributed by atoms with Gasteiger partial charge in [0.1, 0.15) is 11.4 Å². The summed E-state index contributed by atoms with van der Waals surface area (Å²) >= 11 is 3.27. The number of nitrogens with zero attached hydrogens (tertiary/aromatic N) is 1. The van der Waals surface area contributed by atoms with Gasteiger partial charge in [0, 0.05) is 29.7 Å². The Labute approximate surface area is 171 Å². The minimum atomic E-state index is -0.345. The first kappa shape index (κ1) is 20.1. The van der Waals surface area contributed by atoms with E-state index in [0.29, 0.717) is 43.4 Å². The Morgan fingerprint density at radius 2 is 1.93 bits per heavy atom. The summed E-state index contributed by atoms with van der Waals surface area (Å²) in [6.07, 6.45) is 2.97. The highest BCUT2D eigenvalue weighted by Crippen LogP contribution is 2.20. The molecule has 0 aliphatic carbocycles. The van der Waals surface area contributed by atoms with Crippen LogP contribution in [0.15, 0.2) is 51.9 Å². The van der Waals surface area contributed by atoms with E-state index in [2.05, 4.69) is 26.2 Å². The van der Waals surface area contributed by atoms with E-state index in [1.807, 2.05) is 30.3 Å². The second-order valence-electron chi connectivity index (χ2n) is 6.62. The summed E-state index contributed by atoms with van der Waals surface area (Å²) in [7, 11) is 0. The highest BCUT2D eigenvalue weighted by molar-refractivity contribution is 9.10. The van der Waals surface area contributed by atoms with Crippen LogP contribution in [0.25, 0.3) is 0 Å². The number of aromatic amines is 1. The maximum atomic E-state index is 12.4. The third kappa shape index (κ3) is 5.45. The molecule has 2 amide bonds. The Balaban J connectivity index is 1.43. The summed E-state index contributed by atoms with van der Waals surface area (Å²) in [6.45, 7) is 1.38. The van der Waals surface area contributed by atoms with Gasteiger partial charge in [-0.2, -0.15) is 0 Å². The van der Waals surface area contributed by atoms with Gasteiger partial charge >= 0.3 is 0 Å². The average molecular weight is 448 g/mol. The van der Waals surface area contributed by atoms with Gasteiger partial charge in [-0.05, 0) is 47.0 Å². The van der Waals surface area contributed by atoms with E-state index in [4.69, 9.17) is 4.74 Å². The molecule has 0 radical (unpaired) electrons. The first-order chi connectivity index (χ1) is 13.5. The molecule has 1 aliphatic heterocycles. The molecule has 7 nitrogen and oxygen atoms in total. The number of hydrogen-bond acceptors (Lipinski definition) is 4. The normalized spacial score (nSPS) is 14.5. The first-order valence-corrected chi connectivity index (χ1v) is 9.97. The Morgan fingerprint density at radius 3 is 2.64 bits per heavy atom. The van der Waals surface area contributed by atoms with E-state index in [0.717, 1.165) is 5.75 Å². The zero-order valence-corrected chi connectivity index (χ0v) is 16.9. The van der Waals surface area contributed by atoms with Crippen molar-refractivity contribution in [3.8, 4) is 5.75 Å². The van der Waals surface area contributed by atoms with Crippen LogP contribution in [-0.4, -0.2) is 41.4 Å². The molecule has 1 saturated heterocycles. The number of carbonyl (C=O) groups is 2. The van der Waals surface area contributed by atoms with Crippen LogP contribution < -0.4 is 15.6 Å². The van der Waals surface area contributed by atoms with Gasteiger partial charge in [0.15, 0.2) is 0 Å². The van der Waals surface area contributed by atoms with Crippen molar-refractivity contribution in [2.75, 3.05) is 25.0 Å². The number of rotatable bonds is 6. The van der Waals surface area contributed by atoms with Crippen molar-refractivity contribution in [3.63, 3.8) is 0 Å². The van der Waals surface area contributed by atoms with Crippen LogP contribution in [0.4, 0.5) is 5.69 Å². The third-order valence-electron chi connectivity index (χ3n) is 4.67. The van der Waals surface area contributed by atoms with Gasteiger partial charge in [0.05, 0.1) is 13.0 Å². The van der Waals surface area contributed by atoms with E-state index >= 15 is 0 Å². The monoisotopic (exact) mass is 447 g/mol. The van der Waals surface area contributed by atoms with Crippen LogP contribution in [0.3, 0.4) is 0 Å². The lowest BCUT2D eigenvalue weighted by Crippen LogP contribution is -2.42. The molecule has 148 valence electrons. The van der Waals surface area contributed by atoms with Crippen molar-refractivity contribution < 1.29 is 14.3 Å². The van der Waals surface area contributed by atoms with Gasteiger partial charge in [0.25, 0.3) is 5.56 Å². The fourth-order valence-electron chi connectivity index (χ4n) is 3.11. The SMILES string of the molecule is O=C(Nc1cc(Br)c[nH]c1=O)C1CCN(C(=O)CCOc2ccccc2)CC1. The van der Waals surface area contributed by atoms with Crippen LogP contribution in [0.2, 0.25) is 0 Å². The molecule has 1 aromatic carbocycles. The standard InChI is InChI=1S/C20H22BrN3O4/c21-15-12-17(20(27)22-13-15)23-19(26)14-6-9-24(10-7-14)18(25)8-11-28-16-4-2-1-3-5-16/h1-5,12-14H,6-11H2,(H,22,27)(H,23,26). The quantitative estimate of drug-likeness (QED) is 0.711. The summed E-state index contributed by atoms with van der Waals surface area (Å²) in [5.41, 5.74) is -0.126. The molecule has 0 bridgehead atoms. The molecule has 1 fully saturated rings. The lowest BCUT2D eigenvalue weighted by atomic mass is 9.95. The predicted octanol–water partition coefficient (Wildman–Crippen LogP) is 2.78. The number of ether oxygens (including phenoxy) is 1. The number of pyridine rings is 1. The number of carbonyl (C=O) groups excluding carboxylic acids is 2. The molecule has 0 unspecified atom stereocenters. The maximum Gasteiger partial charge on any atom is 0.271 e. The number of aromatic nitrogens is 1. The summed E-state index contributed by atoms with van der Waals surface area (Å²) in [5, 5.41) is 2.68. The van der Waals surface area contributed by atoms with E-state index in [1.165, 1.54) is 6.20 Å². The average Bonchev–Trinajstić information content (AvgIpc) is 2.71. The molecule has 0 spiro atoms. The fraction of sp³-hybridized carbons (Fsp3) is 0.350. The number of benzene rings is 1. The molecular formula is C20H22BrN3O4. The van der Waals surface area contributed by atoms with Crippen molar-refractivity contribution >= 4 is 33.4 Å². The van der Waals surface area contributed by atoms with Gasteiger partial charge in [-0.25, -0.2) is 0 Å². The minimum Gasteiger partial charge on any atom is -0.493 e. The molecule has 2 heterocycles. The minimum absolute atomic E-state index is 0.0261. The van der Waals surface area contributed by atoms with Crippen molar-refractivity contribution in [3.05, 3.63) is 57.4 Å². The zero-order valence-electron chi connectivity index (χ0n) is 15.3. The van der Waals surface area contributed by atoms with Crippen LogP contribution >= 0.6 is 15.9 Å². The molecule has 3 rings (SSSR count). The molecule has 28 heavy (non-hydrogen) atoms. The largest absolute Gasteiger partial charge is 0.493 e. The first-order valence-electron chi connectivity index (χ1n) is 9.17.